The number of fused-ring (bicyclic) bond motifs is 5. The Morgan fingerprint density at radius 3 is 2.00 bits per heavy atom. The third kappa shape index (κ3) is 8.68. The molecule has 4 saturated carbocycles. The van der Waals surface area contributed by atoms with Crippen molar-refractivity contribution in [2.24, 2.45) is 46.3 Å². The molecule has 11 nitrogen and oxygen atoms in total. The van der Waals surface area contributed by atoms with Crippen molar-refractivity contribution in [3.8, 4) is 0 Å². The van der Waals surface area contributed by atoms with Crippen molar-refractivity contribution in [1.29, 1.82) is 0 Å². The van der Waals surface area contributed by atoms with Crippen molar-refractivity contribution in [3.05, 3.63) is 0 Å². The Kier molecular flexibility index (Phi) is 13.2. The Labute approximate surface area is 273 Å². The fraction of sp³-hybridized carbons (Fsp3) is 0.857. The van der Waals surface area contributed by atoms with E-state index in [4.69, 9.17) is 20.1 Å². The summed E-state index contributed by atoms with van der Waals surface area (Å²) in [5.74, 6) is -3.16. The molecule has 0 aromatic heterocycles. The summed E-state index contributed by atoms with van der Waals surface area (Å²) in [5, 5.41) is 35.2. The standard InChI is InChI=1S/C29H49NO4.C6H8O6/c1-6-14-30(15-7-2)18-26(33)34-25-17-29(5)23(19(3)31)10-11-24(29)22-9-8-20-16-21(32)12-13-28(20,4)27(22)25;7-4(8)1-3(6(11)12)2-5(9)10/h20-25,27,32H,6-18H2,1-5H3;3H,1-2H2,(H,7,8)(H,9,10)(H,11,12)/t20-,21+,22-,23+,24-,25-,27+,28-,29+;/m0./s1. The van der Waals surface area contributed by atoms with Crippen molar-refractivity contribution in [2.45, 2.75) is 124 Å². The molecule has 0 amide bonds. The lowest BCUT2D eigenvalue weighted by atomic mass is 9.43. The molecule has 0 radical (unpaired) electrons. The van der Waals surface area contributed by atoms with Crippen LogP contribution in [0.4, 0.5) is 0 Å². The van der Waals surface area contributed by atoms with E-state index in [1.807, 2.05) is 0 Å². The zero-order chi connectivity index (χ0) is 34.4. The highest BCUT2D eigenvalue weighted by atomic mass is 16.5. The molecule has 4 N–H and O–H groups in total. The van der Waals surface area contributed by atoms with Gasteiger partial charge in [-0.05, 0) is 113 Å². The maximum atomic E-state index is 13.3. The molecule has 0 spiro atoms. The van der Waals surface area contributed by atoms with Gasteiger partial charge < -0.3 is 25.2 Å². The number of rotatable bonds is 13. The number of esters is 1. The average molecular weight is 652 g/mol. The molecule has 4 aliphatic rings. The third-order valence-corrected chi connectivity index (χ3v) is 11.9. The molecule has 4 rings (SSSR count). The monoisotopic (exact) mass is 651 g/mol. The summed E-state index contributed by atoms with van der Waals surface area (Å²) in [5.41, 5.74) is 0.0388. The topological polar surface area (TPSA) is 179 Å². The maximum absolute atomic E-state index is 13.3. The van der Waals surface area contributed by atoms with E-state index in [-0.39, 0.29) is 34.9 Å². The van der Waals surface area contributed by atoms with Crippen LogP contribution in [-0.4, -0.2) is 86.8 Å². The number of hydrogen-bond acceptors (Lipinski definition) is 8. The Morgan fingerprint density at radius 2 is 1.48 bits per heavy atom. The number of carboxylic acid groups (broad SMARTS) is 3. The van der Waals surface area contributed by atoms with Crippen LogP contribution in [0.15, 0.2) is 0 Å². The molecular formula is C35H57NO10. The van der Waals surface area contributed by atoms with Crippen molar-refractivity contribution in [1.82, 2.24) is 4.90 Å². The lowest BCUT2D eigenvalue weighted by Gasteiger charge is -2.62. The first-order valence-electron chi connectivity index (χ1n) is 17.3. The molecule has 0 aromatic rings. The minimum Gasteiger partial charge on any atom is -0.481 e. The van der Waals surface area contributed by atoms with E-state index in [0.717, 1.165) is 77.3 Å². The quantitative estimate of drug-likeness (QED) is 0.200. The van der Waals surface area contributed by atoms with E-state index in [2.05, 4.69) is 32.6 Å². The van der Waals surface area contributed by atoms with Gasteiger partial charge in [-0.3, -0.25) is 28.9 Å². The Morgan fingerprint density at radius 1 is 0.870 bits per heavy atom. The van der Waals surface area contributed by atoms with Crippen LogP contribution in [0.5, 0.6) is 0 Å². The van der Waals surface area contributed by atoms with E-state index in [1.165, 1.54) is 0 Å². The van der Waals surface area contributed by atoms with Crippen LogP contribution in [0.1, 0.15) is 112 Å². The van der Waals surface area contributed by atoms with Gasteiger partial charge in [0.05, 0.1) is 31.4 Å². The molecule has 4 aliphatic carbocycles. The van der Waals surface area contributed by atoms with Crippen LogP contribution < -0.4 is 0 Å². The highest BCUT2D eigenvalue weighted by Gasteiger charge is 2.64. The van der Waals surface area contributed by atoms with Crippen molar-refractivity contribution >= 4 is 29.7 Å². The van der Waals surface area contributed by atoms with Crippen molar-refractivity contribution < 1.29 is 49.1 Å². The number of nitrogens with zero attached hydrogens (tertiary/aromatic N) is 1. The Balaban J connectivity index is 0.000000409. The second kappa shape index (κ2) is 16.0. The number of carbonyl (C=O) groups excluding carboxylic acids is 2. The third-order valence-electron chi connectivity index (χ3n) is 11.9. The van der Waals surface area contributed by atoms with E-state index >= 15 is 0 Å². The van der Waals surface area contributed by atoms with Gasteiger partial charge in [0.2, 0.25) is 0 Å². The van der Waals surface area contributed by atoms with Crippen molar-refractivity contribution in [2.75, 3.05) is 19.6 Å². The van der Waals surface area contributed by atoms with Gasteiger partial charge >= 0.3 is 23.9 Å². The van der Waals surface area contributed by atoms with Gasteiger partial charge in [0.25, 0.3) is 0 Å². The van der Waals surface area contributed by atoms with Gasteiger partial charge in [-0.25, -0.2) is 0 Å². The van der Waals surface area contributed by atoms with Crippen LogP contribution in [0.3, 0.4) is 0 Å². The maximum Gasteiger partial charge on any atom is 0.320 e. The Hall–Kier alpha value is -2.53. The number of aliphatic carboxylic acids is 3. The SMILES string of the molecule is CCCN(CCC)CC(=O)O[C@H]1C[C@]2(C)[C@@H](C(C)=O)CC[C@H]2[C@@H]2CC[C@H]3C[C@H](O)CC[C@]3(C)[C@H]21.O=C(O)CC(CC(=O)O)C(=O)O. The van der Waals surface area contributed by atoms with E-state index in [1.54, 1.807) is 6.92 Å². The molecule has 46 heavy (non-hydrogen) atoms. The summed E-state index contributed by atoms with van der Waals surface area (Å²) in [6.07, 6.45) is 8.44. The number of ketones is 1. The smallest absolute Gasteiger partial charge is 0.320 e. The zero-order valence-corrected chi connectivity index (χ0v) is 28.4. The average Bonchev–Trinajstić information content (AvgIpc) is 3.30. The Bertz CT molecular complexity index is 1090. The van der Waals surface area contributed by atoms with Gasteiger partial charge in [0, 0.05) is 11.8 Å². The number of carbonyl (C=O) groups is 5. The highest BCUT2D eigenvalue weighted by molar-refractivity contribution is 5.82. The molecule has 11 heteroatoms. The minimum atomic E-state index is -1.40. The van der Waals surface area contributed by atoms with Gasteiger partial charge in [-0.1, -0.05) is 27.7 Å². The van der Waals surface area contributed by atoms with Crippen LogP contribution in [0.2, 0.25) is 0 Å². The first-order chi connectivity index (χ1) is 21.6. The number of Topliss-reactive ketones (excluding diaryl/α,β-unsaturated/α-hetero) is 1. The van der Waals surface area contributed by atoms with Crippen molar-refractivity contribution in [3.63, 3.8) is 0 Å². The molecule has 9 atom stereocenters. The van der Waals surface area contributed by atoms with E-state index in [0.29, 0.717) is 36.0 Å². The molecular weight excluding hydrogens is 594 g/mol. The minimum absolute atomic E-state index is 0.0676. The fourth-order valence-electron chi connectivity index (χ4n) is 10.1. The second-order valence-corrected chi connectivity index (χ2v) is 15.0. The summed E-state index contributed by atoms with van der Waals surface area (Å²) in [7, 11) is 0. The van der Waals surface area contributed by atoms with Crippen LogP contribution in [0, 0.1) is 46.3 Å². The van der Waals surface area contributed by atoms with Crippen LogP contribution in [0.25, 0.3) is 0 Å². The molecule has 0 saturated heterocycles. The lowest BCUT2D eigenvalue weighted by molar-refractivity contribution is -0.199. The molecule has 0 aliphatic heterocycles. The van der Waals surface area contributed by atoms with Crippen LogP contribution in [-0.2, 0) is 28.7 Å². The molecule has 0 unspecified atom stereocenters. The molecule has 0 heterocycles. The summed E-state index contributed by atoms with van der Waals surface area (Å²) < 4.78 is 6.47. The van der Waals surface area contributed by atoms with Gasteiger partial charge in [0.15, 0.2) is 0 Å². The number of carboxylic acids is 3. The second-order valence-electron chi connectivity index (χ2n) is 15.0. The number of aliphatic hydroxyl groups is 1. The first kappa shape index (κ1) is 37.9. The van der Waals surface area contributed by atoms with Gasteiger partial charge in [-0.15, -0.1) is 0 Å². The normalized spacial score (nSPS) is 34.8. The number of aliphatic hydroxyl groups excluding tert-OH is 1. The fourth-order valence-corrected chi connectivity index (χ4v) is 10.1. The first-order valence-corrected chi connectivity index (χ1v) is 17.3. The van der Waals surface area contributed by atoms with Gasteiger partial charge in [0.1, 0.15) is 11.9 Å². The predicted octanol–water partition coefficient (Wildman–Crippen LogP) is 4.88. The zero-order valence-electron chi connectivity index (χ0n) is 28.4. The van der Waals surface area contributed by atoms with Crippen LogP contribution >= 0.6 is 0 Å². The largest absolute Gasteiger partial charge is 0.481 e. The summed E-state index contributed by atoms with van der Waals surface area (Å²) in [6, 6.07) is 0. The number of hydrogen-bond donors (Lipinski definition) is 4. The molecule has 4 fully saturated rings. The highest BCUT2D eigenvalue weighted by Crippen LogP contribution is 2.68. The molecule has 0 bridgehead atoms. The molecule has 262 valence electrons. The summed E-state index contributed by atoms with van der Waals surface area (Å²) in [4.78, 5) is 58.5. The molecule has 0 aromatic carbocycles. The van der Waals surface area contributed by atoms with E-state index in [9.17, 15) is 29.1 Å². The van der Waals surface area contributed by atoms with E-state index < -0.39 is 36.7 Å². The van der Waals surface area contributed by atoms with Gasteiger partial charge in [-0.2, -0.15) is 0 Å². The predicted molar refractivity (Wildman–Crippen MR) is 170 cm³/mol. The number of ether oxygens (including phenoxy) is 1. The summed E-state index contributed by atoms with van der Waals surface area (Å²) >= 11 is 0. The lowest BCUT2D eigenvalue weighted by Crippen LogP contribution is -2.60. The summed E-state index contributed by atoms with van der Waals surface area (Å²) in [6.45, 7) is 13.0.